The van der Waals surface area contributed by atoms with Gasteiger partial charge in [0.25, 0.3) is 5.91 Å². The van der Waals surface area contributed by atoms with Crippen LogP contribution in [0.4, 0.5) is 10.1 Å². The van der Waals surface area contributed by atoms with Gasteiger partial charge in [-0.05, 0) is 44.4 Å². The lowest BCUT2D eigenvalue weighted by molar-refractivity contribution is -0.00539. The van der Waals surface area contributed by atoms with E-state index in [-0.39, 0.29) is 30.5 Å². The molecule has 5 nitrogen and oxygen atoms in total. The van der Waals surface area contributed by atoms with E-state index in [4.69, 9.17) is 4.74 Å². The van der Waals surface area contributed by atoms with Gasteiger partial charge in [0.05, 0.1) is 28.6 Å². The zero-order chi connectivity index (χ0) is 21.1. The Labute approximate surface area is 176 Å². The molecule has 1 aliphatic rings. The molecule has 2 unspecified atom stereocenters. The minimum Gasteiger partial charge on any atom is -0.372 e. The zero-order valence-electron chi connectivity index (χ0n) is 17.8. The fourth-order valence-corrected chi connectivity index (χ4v) is 4.85. The van der Waals surface area contributed by atoms with E-state index in [1.165, 1.54) is 17.4 Å². The van der Waals surface area contributed by atoms with E-state index in [2.05, 4.69) is 24.1 Å². The number of anilines is 1. The lowest BCUT2D eigenvalue weighted by Gasteiger charge is -2.37. The molecule has 0 bridgehead atoms. The molecule has 1 N–H and O–H groups in total. The lowest BCUT2D eigenvalue weighted by Crippen LogP contribution is -2.45. The van der Waals surface area contributed by atoms with Gasteiger partial charge < -0.3 is 15.0 Å². The number of hydrogen-bond donors (Lipinski definition) is 1. The minimum atomic E-state index is -0.272. The number of amides is 1. The molecule has 1 aliphatic heterocycles. The summed E-state index contributed by atoms with van der Waals surface area (Å²) in [7, 11) is 0. The molecule has 0 radical (unpaired) electrons. The Hall–Kier alpha value is -1.99. The van der Waals surface area contributed by atoms with Crippen molar-refractivity contribution < 1.29 is 13.9 Å². The SMILES string of the molecule is Cc1nc(CC(C)C)sc1C(=O)NCc1ccc(N2CC(C)OC(C)C2)c(F)c1. The normalized spacial score (nSPS) is 19.6. The van der Waals surface area contributed by atoms with Crippen LogP contribution in [0, 0.1) is 18.7 Å². The van der Waals surface area contributed by atoms with E-state index in [0.717, 1.165) is 22.7 Å². The summed E-state index contributed by atoms with van der Waals surface area (Å²) in [6, 6.07) is 5.16. The number of morpholine rings is 1. The number of aromatic nitrogens is 1. The molecule has 2 aromatic rings. The Morgan fingerprint density at radius 3 is 2.66 bits per heavy atom. The molecule has 1 aromatic heterocycles. The van der Waals surface area contributed by atoms with E-state index in [9.17, 15) is 9.18 Å². The van der Waals surface area contributed by atoms with Crippen molar-refractivity contribution in [1.29, 1.82) is 0 Å². The van der Waals surface area contributed by atoms with Crippen molar-refractivity contribution in [1.82, 2.24) is 10.3 Å². The summed E-state index contributed by atoms with van der Waals surface area (Å²) in [6.07, 6.45) is 1.00. The third-order valence-electron chi connectivity index (χ3n) is 4.86. The second kappa shape index (κ2) is 9.22. The maximum Gasteiger partial charge on any atom is 0.263 e. The van der Waals surface area contributed by atoms with Gasteiger partial charge in [-0.15, -0.1) is 11.3 Å². The van der Waals surface area contributed by atoms with Crippen molar-refractivity contribution in [3.05, 3.63) is 45.2 Å². The van der Waals surface area contributed by atoms with Crippen LogP contribution in [0.15, 0.2) is 18.2 Å². The van der Waals surface area contributed by atoms with Crippen LogP contribution in [0.2, 0.25) is 0 Å². The van der Waals surface area contributed by atoms with Crippen LogP contribution in [0.1, 0.15) is 53.6 Å². The number of ether oxygens (including phenoxy) is 1. The molecule has 29 heavy (non-hydrogen) atoms. The number of benzene rings is 1. The van der Waals surface area contributed by atoms with Gasteiger partial charge in [0.1, 0.15) is 10.7 Å². The first-order valence-corrected chi connectivity index (χ1v) is 11.0. The number of aryl methyl sites for hydroxylation is 1. The average Bonchev–Trinajstić information content (AvgIpc) is 2.98. The van der Waals surface area contributed by atoms with E-state index >= 15 is 0 Å². The summed E-state index contributed by atoms with van der Waals surface area (Å²) >= 11 is 1.44. The van der Waals surface area contributed by atoms with E-state index in [1.54, 1.807) is 6.07 Å². The standard InChI is InChI=1S/C22H30FN3O2S/c1-13(2)8-20-25-16(5)21(29-20)22(27)24-10-17-6-7-19(18(23)9-17)26-11-14(3)28-15(4)12-26/h6-7,9,13-15H,8,10-12H2,1-5H3,(H,24,27). The molecule has 2 heterocycles. The number of thiazole rings is 1. The number of hydrogen-bond acceptors (Lipinski definition) is 5. The first kappa shape index (κ1) is 21.7. The van der Waals surface area contributed by atoms with Crippen LogP contribution in [-0.4, -0.2) is 36.2 Å². The Morgan fingerprint density at radius 1 is 1.34 bits per heavy atom. The van der Waals surface area contributed by atoms with E-state index in [0.29, 0.717) is 29.6 Å². The first-order chi connectivity index (χ1) is 13.7. The molecule has 1 aromatic carbocycles. The molecule has 0 spiro atoms. The smallest absolute Gasteiger partial charge is 0.263 e. The van der Waals surface area contributed by atoms with Crippen LogP contribution in [-0.2, 0) is 17.7 Å². The highest BCUT2D eigenvalue weighted by molar-refractivity contribution is 7.13. The summed E-state index contributed by atoms with van der Waals surface area (Å²) in [5.41, 5.74) is 2.07. The van der Waals surface area contributed by atoms with Gasteiger partial charge in [-0.1, -0.05) is 19.9 Å². The molecule has 1 fully saturated rings. The zero-order valence-corrected chi connectivity index (χ0v) is 18.6. The first-order valence-electron chi connectivity index (χ1n) is 10.2. The van der Waals surface area contributed by atoms with Crippen molar-refractivity contribution in [2.75, 3.05) is 18.0 Å². The van der Waals surface area contributed by atoms with Gasteiger partial charge in [-0.3, -0.25) is 4.79 Å². The highest BCUT2D eigenvalue weighted by Crippen LogP contribution is 2.25. The van der Waals surface area contributed by atoms with Crippen molar-refractivity contribution >= 4 is 22.9 Å². The van der Waals surface area contributed by atoms with Gasteiger partial charge in [0, 0.05) is 26.1 Å². The lowest BCUT2D eigenvalue weighted by atomic mass is 10.1. The summed E-state index contributed by atoms with van der Waals surface area (Å²) in [5.74, 6) is 0.0666. The molecule has 3 rings (SSSR count). The predicted molar refractivity (Wildman–Crippen MR) is 115 cm³/mol. The van der Waals surface area contributed by atoms with Crippen LogP contribution in [0.3, 0.4) is 0 Å². The van der Waals surface area contributed by atoms with Gasteiger partial charge in [0.15, 0.2) is 0 Å². The molecular weight excluding hydrogens is 389 g/mol. The molecule has 2 atom stereocenters. The monoisotopic (exact) mass is 419 g/mol. The van der Waals surface area contributed by atoms with Crippen molar-refractivity contribution in [2.45, 2.75) is 59.8 Å². The van der Waals surface area contributed by atoms with Crippen LogP contribution >= 0.6 is 11.3 Å². The molecule has 0 saturated carbocycles. The fourth-order valence-electron chi connectivity index (χ4n) is 3.65. The molecular formula is C22H30FN3O2S. The van der Waals surface area contributed by atoms with Crippen LogP contribution in [0.5, 0.6) is 0 Å². The third-order valence-corrected chi connectivity index (χ3v) is 6.03. The number of carbonyl (C=O) groups is 1. The predicted octanol–water partition coefficient (Wildman–Crippen LogP) is 4.33. The molecule has 1 amide bonds. The van der Waals surface area contributed by atoms with Gasteiger partial charge in [0.2, 0.25) is 0 Å². The number of nitrogens with zero attached hydrogens (tertiary/aromatic N) is 2. The highest BCUT2D eigenvalue weighted by Gasteiger charge is 2.24. The van der Waals surface area contributed by atoms with Crippen LogP contribution in [0.25, 0.3) is 0 Å². The summed E-state index contributed by atoms with van der Waals surface area (Å²) in [6.45, 7) is 11.7. The second-order valence-electron chi connectivity index (χ2n) is 8.25. The topological polar surface area (TPSA) is 54.5 Å². The Morgan fingerprint density at radius 2 is 2.03 bits per heavy atom. The Kier molecular flexibility index (Phi) is 6.90. The van der Waals surface area contributed by atoms with Crippen molar-refractivity contribution in [3.8, 4) is 0 Å². The average molecular weight is 420 g/mol. The molecule has 0 aliphatic carbocycles. The summed E-state index contributed by atoms with van der Waals surface area (Å²) in [4.78, 5) is 19.7. The summed E-state index contributed by atoms with van der Waals surface area (Å²) in [5, 5.41) is 3.87. The number of carbonyl (C=O) groups excluding carboxylic acids is 1. The highest BCUT2D eigenvalue weighted by atomic mass is 32.1. The third kappa shape index (κ3) is 5.54. The maximum absolute atomic E-state index is 14.7. The Balaban J connectivity index is 1.63. The van der Waals surface area contributed by atoms with Gasteiger partial charge in [-0.2, -0.15) is 0 Å². The maximum atomic E-state index is 14.7. The molecule has 7 heteroatoms. The molecule has 158 valence electrons. The quantitative estimate of drug-likeness (QED) is 0.757. The van der Waals surface area contributed by atoms with Crippen LogP contribution < -0.4 is 10.2 Å². The van der Waals surface area contributed by atoms with Crippen molar-refractivity contribution in [3.63, 3.8) is 0 Å². The number of rotatable bonds is 6. The van der Waals surface area contributed by atoms with Gasteiger partial charge >= 0.3 is 0 Å². The van der Waals surface area contributed by atoms with Crippen molar-refractivity contribution in [2.24, 2.45) is 5.92 Å². The number of nitrogens with one attached hydrogen (secondary N) is 1. The minimum absolute atomic E-state index is 0.0698. The van der Waals surface area contributed by atoms with E-state index in [1.807, 2.05) is 31.7 Å². The fraction of sp³-hybridized carbons (Fsp3) is 0.545. The number of halogens is 1. The second-order valence-corrected chi connectivity index (χ2v) is 9.33. The summed E-state index contributed by atoms with van der Waals surface area (Å²) < 4.78 is 20.4. The Bertz CT molecular complexity index is 858. The largest absolute Gasteiger partial charge is 0.372 e. The van der Waals surface area contributed by atoms with E-state index < -0.39 is 0 Å². The van der Waals surface area contributed by atoms with Gasteiger partial charge in [-0.25, -0.2) is 9.37 Å². The molecule has 1 saturated heterocycles.